The van der Waals surface area contributed by atoms with E-state index in [1.165, 1.54) is 12.3 Å². The van der Waals surface area contributed by atoms with Crippen molar-refractivity contribution in [3.8, 4) is 0 Å². The van der Waals surface area contributed by atoms with Crippen molar-refractivity contribution in [1.82, 2.24) is 10.3 Å². The fraction of sp³-hybridized carbons (Fsp3) is 0.143. The van der Waals surface area contributed by atoms with E-state index in [1.54, 1.807) is 0 Å². The van der Waals surface area contributed by atoms with Crippen molar-refractivity contribution in [3.63, 3.8) is 0 Å². The number of carbonyl (C=O) groups excluding carboxylic acids is 1. The zero-order valence-corrected chi connectivity index (χ0v) is 11.3. The van der Waals surface area contributed by atoms with Crippen LogP contribution in [0.4, 0.5) is 5.82 Å². The Hall–Kier alpha value is -2.11. The van der Waals surface area contributed by atoms with E-state index in [-0.39, 0.29) is 23.4 Å². The Bertz CT molecular complexity index is 605. The molecule has 20 heavy (non-hydrogen) atoms. The minimum Gasteiger partial charge on any atom is -0.394 e. The van der Waals surface area contributed by atoms with Crippen LogP contribution in [0.2, 0.25) is 5.02 Å². The standard InChI is InChI=1S/C14H14ClN3O2/c15-11-6-10(7-17-13(11)16)14(20)18-12(8-19)9-4-2-1-3-5-9/h1-7,12,19H,8H2,(H2,16,17)(H,18,20). The Labute approximate surface area is 121 Å². The first kappa shape index (κ1) is 14.3. The van der Waals surface area contributed by atoms with Crippen LogP contribution in [0.25, 0.3) is 0 Å². The van der Waals surface area contributed by atoms with Gasteiger partial charge in [0.15, 0.2) is 0 Å². The van der Waals surface area contributed by atoms with Gasteiger partial charge in [-0.25, -0.2) is 4.98 Å². The smallest absolute Gasteiger partial charge is 0.253 e. The molecule has 5 nitrogen and oxygen atoms in total. The van der Waals surface area contributed by atoms with Crippen molar-refractivity contribution in [3.05, 3.63) is 58.7 Å². The summed E-state index contributed by atoms with van der Waals surface area (Å²) in [5.41, 5.74) is 6.60. The van der Waals surface area contributed by atoms with Crippen LogP contribution in [0, 0.1) is 0 Å². The maximum absolute atomic E-state index is 12.1. The number of benzene rings is 1. The van der Waals surface area contributed by atoms with Crippen LogP contribution < -0.4 is 11.1 Å². The number of aliphatic hydroxyl groups excluding tert-OH is 1. The van der Waals surface area contributed by atoms with E-state index in [4.69, 9.17) is 17.3 Å². The molecule has 6 heteroatoms. The van der Waals surface area contributed by atoms with Gasteiger partial charge in [0.1, 0.15) is 5.82 Å². The second kappa shape index (κ2) is 6.36. The van der Waals surface area contributed by atoms with Crippen LogP contribution in [0.1, 0.15) is 22.0 Å². The van der Waals surface area contributed by atoms with E-state index in [1.807, 2.05) is 30.3 Å². The highest BCUT2D eigenvalue weighted by Gasteiger charge is 2.15. The molecule has 1 aromatic carbocycles. The largest absolute Gasteiger partial charge is 0.394 e. The Morgan fingerprint density at radius 1 is 1.40 bits per heavy atom. The molecule has 1 aromatic heterocycles. The second-order valence-corrected chi connectivity index (χ2v) is 4.62. The van der Waals surface area contributed by atoms with Crippen molar-refractivity contribution in [2.75, 3.05) is 12.3 Å². The lowest BCUT2D eigenvalue weighted by Gasteiger charge is -2.16. The van der Waals surface area contributed by atoms with E-state index in [9.17, 15) is 9.90 Å². The molecule has 0 radical (unpaired) electrons. The van der Waals surface area contributed by atoms with Crippen LogP contribution >= 0.6 is 11.6 Å². The maximum Gasteiger partial charge on any atom is 0.253 e. The van der Waals surface area contributed by atoms with Crippen LogP contribution in [0.15, 0.2) is 42.6 Å². The average molecular weight is 292 g/mol. The van der Waals surface area contributed by atoms with Gasteiger partial charge in [-0.05, 0) is 11.6 Å². The van der Waals surface area contributed by atoms with E-state index in [0.29, 0.717) is 5.56 Å². The molecule has 2 aromatic rings. The lowest BCUT2D eigenvalue weighted by molar-refractivity contribution is 0.0916. The zero-order chi connectivity index (χ0) is 14.5. The molecule has 0 spiro atoms. The molecule has 1 atom stereocenters. The highest BCUT2D eigenvalue weighted by atomic mass is 35.5. The van der Waals surface area contributed by atoms with Crippen molar-refractivity contribution >= 4 is 23.3 Å². The molecule has 0 aliphatic carbocycles. The average Bonchev–Trinajstić information content (AvgIpc) is 2.48. The molecule has 0 bridgehead atoms. The molecule has 1 unspecified atom stereocenters. The molecule has 0 saturated heterocycles. The number of hydrogen-bond donors (Lipinski definition) is 3. The number of amides is 1. The van der Waals surface area contributed by atoms with Gasteiger partial charge < -0.3 is 16.2 Å². The second-order valence-electron chi connectivity index (χ2n) is 4.21. The minimum atomic E-state index is -0.486. The number of halogens is 1. The van der Waals surface area contributed by atoms with Gasteiger partial charge in [0.2, 0.25) is 0 Å². The quantitative estimate of drug-likeness (QED) is 0.801. The third-order valence-electron chi connectivity index (χ3n) is 2.82. The number of hydrogen-bond acceptors (Lipinski definition) is 4. The maximum atomic E-state index is 12.1. The van der Waals surface area contributed by atoms with E-state index in [2.05, 4.69) is 10.3 Å². The summed E-state index contributed by atoms with van der Waals surface area (Å²) in [6.45, 7) is -0.202. The summed E-state index contributed by atoms with van der Waals surface area (Å²) in [4.78, 5) is 15.9. The fourth-order valence-corrected chi connectivity index (χ4v) is 1.90. The molecule has 1 heterocycles. The number of rotatable bonds is 4. The molecule has 0 fully saturated rings. The molecule has 1 amide bonds. The molecular weight excluding hydrogens is 278 g/mol. The van der Waals surface area contributed by atoms with Gasteiger partial charge >= 0.3 is 0 Å². The third kappa shape index (κ3) is 3.26. The van der Waals surface area contributed by atoms with Crippen molar-refractivity contribution in [1.29, 1.82) is 0 Å². The Morgan fingerprint density at radius 2 is 2.10 bits per heavy atom. The van der Waals surface area contributed by atoms with Gasteiger partial charge in [0, 0.05) is 6.20 Å². The number of pyridine rings is 1. The van der Waals surface area contributed by atoms with Crippen molar-refractivity contribution < 1.29 is 9.90 Å². The lowest BCUT2D eigenvalue weighted by atomic mass is 10.1. The van der Waals surface area contributed by atoms with Crippen LogP contribution in [0.5, 0.6) is 0 Å². The highest BCUT2D eigenvalue weighted by molar-refractivity contribution is 6.33. The molecule has 4 N–H and O–H groups in total. The fourth-order valence-electron chi connectivity index (χ4n) is 1.73. The van der Waals surface area contributed by atoms with Gasteiger partial charge in [-0.15, -0.1) is 0 Å². The van der Waals surface area contributed by atoms with Gasteiger partial charge in [0.05, 0.1) is 23.2 Å². The highest BCUT2D eigenvalue weighted by Crippen LogP contribution is 2.18. The van der Waals surface area contributed by atoms with Gasteiger partial charge in [-0.3, -0.25) is 4.79 Å². The summed E-state index contributed by atoms with van der Waals surface area (Å²) in [7, 11) is 0. The summed E-state index contributed by atoms with van der Waals surface area (Å²) in [5, 5.41) is 12.3. The van der Waals surface area contributed by atoms with Crippen LogP contribution in [0.3, 0.4) is 0 Å². The molecule has 0 aliphatic heterocycles. The molecule has 0 saturated carbocycles. The van der Waals surface area contributed by atoms with Gasteiger partial charge in [0.25, 0.3) is 5.91 Å². The molecule has 104 valence electrons. The summed E-state index contributed by atoms with van der Waals surface area (Å²) in [5.74, 6) is -0.202. The number of nitrogens with two attached hydrogens (primary N) is 1. The first-order chi connectivity index (χ1) is 9.61. The Kier molecular flexibility index (Phi) is 4.55. The minimum absolute atomic E-state index is 0.171. The number of nitrogen functional groups attached to an aromatic ring is 1. The van der Waals surface area contributed by atoms with Crippen LogP contribution in [-0.4, -0.2) is 22.6 Å². The number of carbonyl (C=O) groups is 1. The number of aliphatic hydroxyl groups is 1. The first-order valence-electron chi connectivity index (χ1n) is 5.99. The topological polar surface area (TPSA) is 88.2 Å². The van der Waals surface area contributed by atoms with E-state index < -0.39 is 6.04 Å². The molecule has 0 aliphatic rings. The number of aromatic nitrogens is 1. The zero-order valence-electron chi connectivity index (χ0n) is 10.6. The predicted molar refractivity (Wildman–Crippen MR) is 77.4 cm³/mol. The predicted octanol–water partition coefficient (Wildman–Crippen LogP) is 1.78. The van der Waals surface area contributed by atoms with E-state index >= 15 is 0 Å². The first-order valence-corrected chi connectivity index (χ1v) is 6.37. The normalized spacial score (nSPS) is 11.9. The monoisotopic (exact) mass is 291 g/mol. The van der Waals surface area contributed by atoms with Crippen molar-refractivity contribution in [2.45, 2.75) is 6.04 Å². The molecule has 2 rings (SSSR count). The summed E-state index contributed by atoms with van der Waals surface area (Å²) in [6.07, 6.45) is 1.34. The lowest BCUT2D eigenvalue weighted by Crippen LogP contribution is -2.30. The SMILES string of the molecule is Nc1ncc(C(=O)NC(CO)c2ccccc2)cc1Cl. The van der Waals surface area contributed by atoms with E-state index in [0.717, 1.165) is 5.56 Å². The summed E-state index contributed by atoms with van der Waals surface area (Å²) < 4.78 is 0. The Morgan fingerprint density at radius 3 is 2.70 bits per heavy atom. The van der Waals surface area contributed by atoms with Crippen LogP contribution in [-0.2, 0) is 0 Å². The third-order valence-corrected chi connectivity index (χ3v) is 3.12. The van der Waals surface area contributed by atoms with Gasteiger partial charge in [-0.2, -0.15) is 0 Å². The number of nitrogens with zero attached hydrogens (tertiary/aromatic N) is 1. The van der Waals surface area contributed by atoms with Gasteiger partial charge in [-0.1, -0.05) is 41.9 Å². The molecular formula is C14H14ClN3O2. The number of nitrogens with one attached hydrogen (secondary N) is 1. The Balaban J connectivity index is 2.15. The summed E-state index contributed by atoms with van der Waals surface area (Å²) >= 11 is 5.83. The summed E-state index contributed by atoms with van der Waals surface area (Å²) in [6, 6.07) is 10.2. The number of anilines is 1. The van der Waals surface area contributed by atoms with Crippen molar-refractivity contribution in [2.24, 2.45) is 0 Å².